The topological polar surface area (TPSA) is 54.4 Å². The molecule has 0 saturated carbocycles. The van der Waals surface area contributed by atoms with Crippen molar-refractivity contribution in [3.63, 3.8) is 0 Å². The number of hydrogen-bond acceptors (Lipinski definition) is 2. The Labute approximate surface area is 99.5 Å². The van der Waals surface area contributed by atoms with Crippen molar-refractivity contribution in [2.24, 2.45) is 0 Å². The van der Waals surface area contributed by atoms with Crippen LogP contribution >= 0.6 is 31.9 Å². The van der Waals surface area contributed by atoms with Gasteiger partial charge in [-0.3, -0.25) is 4.55 Å². The van der Waals surface area contributed by atoms with Gasteiger partial charge in [0, 0.05) is 10.7 Å². The fourth-order valence-corrected chi connectivity index (χ4v) is 3.27. The van der Waals surface area contributed by atoms with Gasteiger partial charge in [-0.2, -0.15) is 8.42 Å². The smallest absolute Gasteiger partial charge is 0.282 e. The molecular formula is C8H8Br2O3S. The zero-order chi connectivity index (χ0) is 10.8. The lowest BCUT2D eigenvalue weighted by atomic mass is 10.1. The third-order valence-corrected chi connectivity index (χ3v) is 3.89. The van der Waals surface area contributed by atoms with E-state index in [2.05, 4.69) is 31.9 Å². The molecule has 1 aromatic rings. The van der Waals surface area contributed by atoms with Gasteiger partial charge in [-0.25, -0.2) is 0 Å². The molecule has 0 fully saturated rings. The summed E-state index contributed by atoms with van der Waals surface area (Å²) in [5, 5.41) is 0.946. The second kappa shape index (κ2) is 4.74. The van der Waals surface area contributed by atoms with Crippen molar-refractivity contribution in [1.82, 2.24) is 0 Å². The predicted molar refractivity (Wildman–Crippen MR) is 61.5 cm³/mol. The number of hydrogen-bond donors (Lipinski definition) is 1. The maximum absolute atomic E-state index is 11.0. The van der Waals surface area contributed by atoms with Gasteiger partial charge in [0.15, 0.2) is 0 Å². The van der Waals surface area contributed by atoms with Crippen molar-refractivity contribution < 1.29 is 13.0 Å². The Morgan fingerprint density at radius 2 is 1.86 bits per heavy atom. The minimum atomic E-state index is -4.13. The molecule has 0 radical (unpaired) electrons. The lowest BCUT2D eigenvalue weighted by Crippen LogP contribution is -2.04. The van der Waals surface area contributed by atoms with Crippen LogP contribution in [0.3, 0.4) is 0 Å². The van der Waals surface area contributed by atoms with Crippen LogP contribution in [0, 0.1) is 0 Å². The Morgan fingerprint density at radius 1 is 1.21 bits per heavy atom. The van der Waals surface area contributed by atoms with Crippen LogP contribution in [-0.4, -0.2) is 13.0 Å². The summed E-state index contributed by atoms with van der Waals surface area (Å²) in [6.45, 7) is 0. The van der Waals surface area contributed by atoms with Crippen molar-refractivity contribution in [2.45, 2.75) is 15.6 Å². The van der Waals surface area contributed by atoms with Gasteiger partial charge in [0.05, 0.1) is 4.90 Å². The highest BCUT2D eigenvalue weighted by molar-refractivity contribution is 9.09. The second-order valence-electron chi connectivity index (χ2n) is 2.64. The molecule has 1 aromatic carbocycles. The minimum absolute atomic E-state index is 0.0358. The number of alkyl halides is 2. The molecular weight excluding hydrogens is 336 g/mol. The fourth-order valence-electron chi connectivity index (χ4n) is 1.13. The van der Waals surface area contributed by atoms with E-state index in [4.69, 9.17) is 4.55 Å². The van der Waals surface area contributed by atoms with Gasteiger partial charge in [0.25, 0.3) is 10.1 Å². The number of rotatable bonds is 3. The van der Waals surface area contributed by atoms with Crippen LogP contribution in [0.2, 0.25) is 0 Å². The van der Waals surface area contributed by atoms with Gasteiger partial charge < -0.3 is 0 Å². The molecule has 1 N–H and O–H groups in total. The van der Waals surface area contributed by atoms with Crippen LogP contribution in [0.5, 0.6) is 0 Å². The molecule has 14 heavy (non-hydrogen) atoms. The Hall–Kier alpha value is 0.0900. The largest absolute Gasteiger partial charge is 0.294 e. The van der Waals surface area contributed by atoms with Gasteiger partial charge in [0.1, 0.15) is 0 Å². The van der Waals surface area contributed by atoms with Crippen LogP contribution in [0.1, 0.15) is 11.1 Å². The predicted octanol–water partition coefficient (Wildman–Crippen LogP) is 2.72. The molecule has 0 atom stereocenters. The maximum atomic E-state index is 11.0. The molecule has 0 aromatic heterocycles. The molecule has 1 rings (SSSR count). The van der Waals surface area contributed by atoms with E-state index in [1.165, 1.54) is 6.07 Å². The standard InChI is InChI=1S/C8H8Br2O3S/c9-4-6-2-1-3-8(7(6)5-10)14(11,12)13/h1-3H,4-5H2,(H,11,12,13). The molecule has 0 spiro atoms. The Morgan fingerprint density at radius 3 is 2.29 bits per heavy atom. The van der Waals surface area contributed by atoms with Gasteiger partial charge in [-0.1, -0.05) is 44.0 Å². The first-order valence-corrected chi connectivity index (χ1v) is 7.39. The van der Waals surface area contributed by atoms with Crippen LogP contribution < -0.4 is 0 Å². The summed E-state index contributed by atoms with van der Waals surface area (Å²) in [5.74, 6) is 0. The maximum Gasteiger partial charge on any atom is 0.294 e. The highest BCUT2D eigenvalue weighted by Crippen LogP contribution is 2.23. The molecule has 0 aliphatic heterocycles. The normalized spacial score (nSPS) is 11.6. The van der Waals surface area contributed by atoms with E-state index in [0.29, 0.717) is 16.2 Å². The average molecular weight is 344 g/mol. The Bertz CT molecular complexity index is 428. The van der Waals surface area contributed by atoms with E-state index in [9.17, 15) is 8.42 Å². The SMILES string of the molecule is O=S(=O)(O)c1cccc(CBr)c1CBr. The van der Waals surface area contributed by atoms with Crippen molar-refractivity contribution in [1.29, 1.82) is 0 Å². The van der Waals surface area contributed by atoms with Gasteiger partial charge in [-0.15, -0.1) is 0 Å². The van der Waals surface area contributed by atoms with Crippen LogP contribution in [-0.2, 0) is 20.8 Å². The molecule has 0 aliphatic rings. The molecule has 3 nitrogen and oxygen atoms in total. The third kappa shape index (κ3) is 2.56. The van der Waals surface area contributed by atoms with E-state index in [1.54, 1.807) is 12.1 Å². The fraction of sp³-hybridized carbons (Fsp3) is 0.250. The van der Waals surface area contributed by atoms with E-state index >= 15 is 0 Å². The molecule has 0 bridgehead atoms. The summed E-state index contributed by atoms with van der Waals surface area (Å²) in [5.41, 5.74) is 1.43. The minimum Gasteiger partial charge on any atom is -0.282 e. The van der Waals surface area contributed by atoms with E-state index in [0.717, 1.165) is 5.56 Å². The summed E-state index contributed by atoms with van der Waals surface area (Å²) in [4.78, 5) is -0.0358. The zero-order valence-electron chi connectivity index (χ0n) is 7.07. The van der Waals surface area contributed by atoms with Crippen molar-refractivity contribution in [3.05, 3.63) is 29.3 Å². The highest BCUT2D eigenvalue weighted by Gasteiger charge is 2.16. The first-order chi connectivity index (χ1) is 6.50. The van der Waals surface area contributed by atoms with Gasteiger partial charge in [0.2, 0.25) is 0 Å². The molecule has 0 amide bonds. The highest BCUT2D eigenvalue weighted by atomic mass is 79.9. The molecule has 0 saturated heterocycles. The van der Waals surface area contributed by atoms with E-state index < -0.39 is 10.1 Å². The van der Waals surface area contributed by atoms with E-state index in [1.807, 2.05) is 0 Å². The second-order valence-corrected chi connectivity index (χ2v) is 5.15. The summed E-state index contributed by atoms with van der Waals surface area (Å²) in [7, 11) is -4.13. The molecule has 0 heterocycles. The average Bonchev–Trinajstić information content (AvgIpc) is 2.15. The molecule has 0 aliphatic carbocycles. The number of halogens is 2. The lowest BCUT2D eigenvalue weighted by molar-refractivity contribution is 0.482. The van der Waals surface area contributed by atoms with Crippen LogP contribution in [0.4, 0.5) is 0 Å². The monoisotopic (exact) mass is 342 g/mol. The number of benzene rings is 1. The summed E-state index contributed by atoms with van der Waals surface area (Å²) < 4.78 is 31.0. The molecule has 78 valence electrons. The van der Waals surface area contributed by atoms with Crippen molar-refractivity contribution >= 4 is 42.0 Å². The summed E-state index contributed by atoms with van der Waals surface area (Å²) >= 11 is 6.45. The Kier molecular flexibility index (Phi) is 4.12. The Balaban J connectivity index is 3.45. The summed E-state index contributed by atoms with van der Waals surface area (Å²) in [6, 6.07) is 4.80. The molecule has 6 heteroatoms. The van der Waals surface area contributed by atoms with Gasteiger partial charge in [-0.05, 0) is 17.2 Å². The lowest BCUT2D eigenvalue weighted by Gasteiger charge is -2.08. The van der Waals surface area contributed by atoms with Gasteiger partial charge >= 0.3 is 0 Å². The first-order valence-electron chi connectivity index (χ1n) is 3.71. The van der Waals surface area contributed by atoms with Crippen LogP contribution in [0.25, 0.3) is 0 Å². The van der Waals surface area contributed by atoms with E-state index in [-0.39, 0.29) is 4.90 Å². The molecule has 0 unspecified atom stereocenters. The van der Waals surface area contributed by atoms with Crippen molar-refractivity contribution in [2.75, 3.05) is 0 Å². The van der Waals surface area contributed by atoms with Crippen molar-refractivity contribution in [3.8, 4) is 0 Å². The quantitative estimate of drug-likeness (QED) is 0.678. The summed E-state index contributed by atoms with van der Waals surface area (Å²) in [6.07, 6.45) is 0. The zero-order valence-corrected chi connectivity index (χ0v) is 11.1. The third-order valence-electron chi connectivity index (χ3n) is 1.79. The first kappa shape index (κ1) is 12.2. The van der Waals surface area contributed by atoms with Crippen LogP contribution in [0.15, 0.2) is 23.1 Å².